The van der Waals surface area contributed by atoms with Crippen LogP contribution in [-0.4, -0.2) is 28.8 Å². The van der Waals surface area contributed by atoms with Gasteiger partial charge in [0, 0.05) is 12.6 Å². The van der Waals surface area contributed by atoms with E-state index < -0.39 is 0 Å². The highest BCUT2D eigenvalue weighted by atomic mass is 32.1. The van der Waals surface area contributed by atoms with Gasteiger partial charge in [-0.25, -0.2) is 0 Å². The third kappa shape index (κ3) is 3.63. The third-order valence-corrected chi connectivity index (χ3v) is 3.46. The molecule has 0 spiro atoms. The van der Waals surface area contributed by atoms with Gasteiger partial charge in [-0.2, -0.15) is 0 Å². The predicted molar refractivity (Wildman–Crippen MR) is 68.0 cm³/mol. The molecule has 1 heterocycles. The predicted octanol–water partition coefficient (Wildman–Crippen LogP) is 3.21. The van der Waals surface area contributed by atoms with Crippen molar-refractivity contribution >= 4 is 17.4 Å². The van der Waals surface area contributed by atoms with Crippen LogP contribution >= 0.6 is 12.2 Å². The average Bonchev–Trinajstić information content (AvgIpc) is 2.17. The number of nitrogens with zero attached hydrogens (tertiary/aromatic N) is 1. The molecule has 1 aliphatic heterocycles. The summed E-state index contributed by atoms with van der Waals surface area (Å²) in [5.41, 5.74) is 0. The van der Waals surface area contributed by atoms with E-state index in [2.05, 4.69) is 18.7 Å². The molecule has 0 radical (unpaired) electrons. The van der Waals surface area contributed by atoms with Crippen molar-refractivity contribution in [1.29, 1.82) is 0 Å². The van der Waals surface area contributed by atoms with Gasteiger partial charge in [-0.15, -0.1) is 0 Å². The van der Waals surface area contributed by atoms with Crippen LogP contribution in [0.2, 0.25) is 0 Å². The Kier molecular flexibility index (Phi) is 4.84. The summed E-state index contributed by atoms with van der Waals surface area (Å²) in [7, 11) is 0. The lowest BCUT2D eigenvalue weighted by Gasteiger charge is -2.39. The normalized spacial score (nSPS) is 26.9. The molecule has 0 N–H and O–H groups in total. The highest BCUT2D eigenvalue weighted by Crippen LogP contribution is 2.24. The van der Waals surface area contributed by atoms with E-state index >= 15 is 0 Å². The highest BCUT2D eigenvalue weighted by molar-refractivity contribution is 7.80. The number of hydrogen-bond acceptors (Lipinski definition) is 2. The van der Waals surface area contributed by atoms with Crippen LogP contribution in [0.4, 0.5) is 0 Å². The maximum absolute atomic E-state index is 5.61. The molecule has 0 saturated carbocycles. The van der Waals surface area contributed by atoms with Gasteiger partial charge in [-0.1, -0.05) is 13.3 Å². The van der Waals surface area contributed by atoms with E-state index in [1.807, 2.05) is 13.8 Å². The van der Waals surface area contributed by atoms with Gasteiger partial charge in [-0.05, 0) is 51.7 Å². The van der Waals surface area contributed by atoms with Gasteiger partial charge in [-0.3, -0.25) is 0 Å². The van der Waals surface area contributed by atoms with Crippen LogP contribution < -0.4 is 0 Å². The molecule has 2 atom stereocenters. The van der Waals surface area contributed by atoms with E-state index in [-0.39, 0.29) is 6.10 Å². The Morgan fingerprint density at radius 3 is 2.67 bits per heavy atom. The number of hydrogen-bond donors (Lipinski definition) is 0. The monoisotopic (exact) mass is 229 g/mol. The topological polar surface area (TPSA) is 12.5 Å². The summed E-state index contributed by atoms with van der Waals surface area (Å²) >= 11 is 5.33. The molecule has 15 heavy (non-hydrogen) atoms. The van der Waals surface area contributed by atoms with Gasteiger partial charge in [0.25, 0.3) is 5.17 Å². The molecule has 0 amide bonds. The van der Waals surface area contributed by atoms with E-state index in [0.717, 1.165) is 12.5 Å². The van der Waals surface area contributed by atoms with Crippen molar-refractivity contribution in [3.05, 3.63) is 0 Å². The van der Waals surface area contributed by atoms with Crippen molar-refractivity contribution in [3.8, 4) is 0 Å². The van der Waals surface area contributed by atoms with Crippen LogP contribution in [0.15, 0.2) is 0 Å². The Morgan fingerprint density at radius 2 is 2.13 bits per heavy atom. The Morgan fingerprint density at radius 1 is 1.47 bits per heavy atom. The molecule has 0 aromatic heterocycles. The Hall–Kier alpha value is -0.310. The summed E-state index contributed by atoms with van der Waals surface area (Å²) in [6.45, 7) is 9.62. The van der Waals surface area contributed by atoms with Gasteiger partial charge >= 0.3 is 0 Å². The lowest BCUT2D eigenvalue weighted by molar-refractivity contribution is 0.127. The van der Waals surface area contributed by atoms with Crippen molar-refractivity contribution in [1.82, 2.24) is 4.90 Å². The standard InChI is InChI=1S/C12H23NOS/c1-5-11-7-6-10(4)13(8-11)12(15)14-9(2)3/h9-11H,5-8H2,1-4H3. The smallest absolute Gasteiger partial charge is 0.259 e. The maximum atomic E-state index is 5.61. The third-order valence-electron chi connectivity index (χ3n) is 3.13. The van der Waals surface area contributed by atoms with Crippen LogP contribution in [0.25, 0.3) is 0 Å². The fraction of sp³-hybridized carbons (Fsp3) is 0.917. The molecule has 0 aromatic carbocycles. The van der Waals surface area contributed by atoms with Crippen molar-refractivity contribution < 1.29 is 4.74 Å². The molecule has 0 aliphatic carbocycles. The van der Waals surface area contributed by atoms with Crippen LogP contribution in [0.3, 0.4) is 0 Å². The minimum Gasteiger partial charge on any atom is -0.468 e. The van der Waals surface area contributed by atoms with Crippen LogP contribution in [0.5, 0.6) is 0 Å². The van der Waals surface area contributed by atoms with Crippen LogP contribution in [0.1, 0.15) is 47.0 Å². The summed E-state index contributed by atoms with van der Waals surface area (Å²) in [4.78, 5) is 2.26. The zero-order chi connectivity index (χ0) is 11.4. The van der Waals surface area contributed by atoms with E-state index in [1.54, 1.807) is 0 Å². The first-order valence-corrected chi connectivity index (χ1v) is 6.42. The number of thiocarbonyl (C=S) groups is 1. The second-order valence-electron chi connectivity index (χ2n) is 4.79. The first kappa shape index (κ1) is 12.8. The van der Waals surface area contributed by atoms with Crippen molar-refractivity contribution in [2.45, 2.75) is 59.1 Å². The molecule has 0 bridgehead atoms. The van der Waals surface area contributed by atoms with Gasteiger partial charge < -0.3 is 9.64 Å². The summed E-state index contributed by atoms with van der Waals surface area (Å²) in [5, 5.41) is 0.690. The minimum absolute atomic E-state index is 0.187. The van der Waals surface area contributed by atoms with Crippen molar-refractivity contribution in [3.63, 3.8) is 0 Å². The summed E-state index contributed by atoms with van der Waals surface area (Å²) in [6.07, 6.45) is 4.00. The summed E-state index contributed by atoms with van der Waals surface area (Å²) in [6, 6.07) is 0.541. The molecular formula is C12H23NOS. The highest BCUT2D eigenvalue weighted by Gasteiger charge is 2.27. The van der Waals surface area contributed by atoms with Crippen LogP contribution in [0, 0.1) is 5.92 Å². The molecule has 1 saturated heterocycles. The second kappa shape index (κ2) is 5.69. The fourth-order valence-corrected chi connectivity index (χ4v) is 2.49. The van der Waals surface area contributed by atoms with Crippen molar-refractivity contribution in [2.75, 3.05) is 6.54 Å². The fourth-order valence-electron chi connectivity index (χ4n) is 2.04. The molecule has 2 unspecified atom stereocenters. The van der Waals surface area contributed by atoms with Crippen molar-refractivity contribution in [2.24, 2.45) is 5.92 Å². The molecule has 3 heteroatoms. The molecular weight excluding hydrogens is 206 g/mol. The van der Waals surface area contributed by atoms with Gasteiger partial charge in [0.15, 0.2) is 0 Å². The SMILES string of the molecule is CCC1CCC(C)N(C(=S)OC(C)C)C1. The summed E-state index contributed by atoms with van der Waals surface area (Å²) < 4.78 is 5.61. The van der Waals surface area contributed by atoms with E-state index in [1.165, 1.54) is 19.3 Å². The number of rotatable bonds is 2. The Balaban J connectivity index is 2.53. The minimum atomic E-state index is 0.187. The molecule has 2 nitrogen and oxygen atoms in total. The molecule has 1 aliphatic rings. The van der Waals surface area contributed by atoms with Crippen LogP contribution in [-0.2, 0) is 4.74 Å². The molecule has 1 fully saturated rings. The zero-order valence-corrected chi connectivity index (χ0v) is 11.1. The summed E-state index contributed by atoms with van der Waals surface area (Å²) in [5.74, 6) is 0.787. The average molecular weight is 229 g/mol. The molecule has 0 aromatic rings. The Bertz CT molecular complexity index is 218. The van der Waals surface area contributed by atoms with Gasteiger partial charge in [0.05, 0.1) is 6.10 Å². The number of likely N-dealkylation sites (tertiary alicyclic amines) is 1. The first-order chi connectivity index (χ1) is 7.04. The molecule has 88 valence electrons. The van der Waals surface area contributed by atoms with E-state index in [0.29, 0.717) is 11.2 Å². The quantitative estimate of drug-likeness (QED) is 0.675. The molecule has 1 rings (SSSR count). The second-order valence-corrected chi connectivity index (χ2v) is 5.13. The van der Waals surface area contributed by atoms with Gasteiger partial charge in [0.1, 0.15) is 0 Å². The Labute approximate surface area is 99.0 Å². The lowest BCUT2D eigenvalue weighted by atomic mass is 9.92. The number of piperidine rings is 1. The lowest BCUT2D eigenvalue weighted by Crippen LogP contribution is -2.46. The van der Waals surface area contributed by atoms with E-state index in [4.69, 9.17) is 17.0 Å². The first-order valence-electron chi connectivity index (χ1n) is 6.01. The largest absolute Gasteiger partial charge is 0.468 e. The van der Waals surface area contributed by atoms with E-state index in [9.17, 15) is 0 Å². The zero-order valence-electron chi connectivity index (χ0n) is 10.3. The number of ether oxygens (including phenoxy) is 1. The maximum Gasteiger partial charge on any atom is 0.259 e. The van der Waals surface area contributed by atoms with Gasteiger partial charge in [0.2, 0.25) is 0 Å².